The Morgan fingerprint density at radius 3 is 2.44 bits per heavy atom. The molecule has 0 saturated carbocycles. The molecule has 2 aromatic rings. The molecule has 0 unspecified atom stereocenters. The Bertz CT molecular complexity index is 664. The molecule has 0 atom stereocenters. The van der Waals surface area contributed by atoms with E-state index in [0.29, 0.717) is 10.8 Å². The van der Waals surface area contributed by atoms with Crippen LogP contribution in [-0.2, 0) is 10.1 Å². The molecule has 84 valence electrons. The second-order valence-electron chi connectivity index (χ2n) is 3.39. The molecule has 0 aliphatic rings. The number of nitrogens with two attached hydrogens (primary N) is 1. The average molecular weight is 239 g/mol. The highest BCUT2D eigenvalue weighted by Crippen LogP contribution is 2.28. The zero-order chi connectivity index (χ0) is 11.9. The summed E-state index contributed by atoms with van der Waals surface area (Å²) >= 11 is 0. The van der Waals surface area contributed by atoms with Crippen molar-refractivity contribution < 1.29 is 18.1 Å². The van der Waals surface area contributed by atoms with Gasteiger partial charge in [-0.05, 0) is 35.7 Å². The summed E-state index contributed by atoms with van der Waals surface area (Å²) in [7, 11) is -4.29. The van der Waals surface area contributed by atoms with Crippen molar-refractivity contribution >= 4 is 26.6 Å². The summed E-state index contributed by atoms with van der Waals surface area (Å²) in [6.07, 6.45) is 0. The number of rotatable bonds is 1. The Morgan fingerprint density at radius 2 is 1.81 bits per heavy atom. The molecule has 0 heterocycles. The van der Waals surface area contributed by atoms with E-state index >= 15 is 0 Å². The lowest BCUT2D eigenvalue weighted by atomic mass is 10.1. The molecule has 4 N–H and O–H groups in total. The Hall–Kier alpha value is -1.79. The van der Waals surface area contributed by atoms with Gasteiger partial charge in [0.25, 0.3) is 10.1 Å². The third-order valence-electron chi connectivity index (χ3n) is 2.24. The van der Waals surface area contributed by atoms with Gasteiger partial charge in [-0.3, -0.25) is 4.55 Å². The van der Waals surface area contributed by atoms with E-state index in [4.69, 9.17) is 10.3 Å². The Labute approximate surface area is 91.9 Å². The van der Waals surface area contributed by atoms with Gasteiger partial charge in [0, 0.05) is 11.1 Å². The van der Waals surface area contributed by atoms with Crippen LogP contribution in [-0.4, -0.2) is 18.1 Å². The maximum absolute atomic E-state index is 11.0. The minimum Gasteiger partial charge on any atom is -0.508 e. The molecule has 5 nitrogen and oxygen atoms in total. The molecule has 0 spiro atoms. The van der Waals surface area contributed by atoms with Gasteiger partial charge < -0.3 is 10.8 Å². The highest BCUT2D eigenvalue weighted by atomic mass is 32.2. The highest BCUT2D eigenvalue weighted by Gasteiger charge is 2.12. The third kappa shape index (κ3) is 1.80. The van der Waals surface area contributed by atoms with Gasteiger partial charge >= 0.3 is 0 Å². The maximum atomic E-state index is 11.0. The molecule has 6 heteroatoms. The predicted octanol–water partition coefficient (Wildman–Crippen LogP) is 1.37. The number of hydrogen-bond acceptors (Lipinski definition) is 4. The fourth-order valence-electron chi connectivity index (χ4n) is 1.51. The van der Waals surface area contributed by atoms with Gasteiger partial charge in [0.05, 0.1) is 4.90 Å². The van der Waals surface area contributed by atoms with Crippen molar-refractivity contribution in [2.24, 2.45) is 0 Å². The molecule has 0 amide bonds. The van der Waals surface area contributed by atoms with Crippen molar-refractivity contribution in [2.75, 3.05) is 5.73 Å². The van der Waals surface area contributed by atoms with Gasteiger partial charge in [-0.25, -0.2) is 0 Å². The van der Waals surface area contributed by atoms with Gasteiger partial charge in [0.15, 0.2) is 0 Å². The summed E-state index contributed by atoms with van der Waals surface area (Å²) in [6, 6.07) is 6.83. The zero-order valence-electron chi connectivity index (χ0n) is 8.08. The van der Waals surface area contributed by atoms with E-state index in [2.05, 4.69) is 0 Å². The van der Waals surface area contributed by atoms with Crippen molar-refractivity contribution in [2.45, 2.75) is 4.90 Å². The van der Waals surface area contributed by atoms with Crippen molar-refractivity contribution in [3.63, 3.8) is 0 Å². The first-order valence-corrected chi connectivity index (χ1v) is 5.82. The molecule has 0 aliphatic heterocycles. The van der Waals surface area contributed by atoms with Crippen molar-refractivity contribution in [3.05, 3.63) is 30.3 Å². The predicted molar refractivity (Wildman–Crippen MR) is 59.8 cm³/mol. The number of phenolic OH excluding ortho intramolecular Hbond substituents is 1. The first-order chi connectivity index (χ1) is 7.38. The molecule has 0 aliphatic carbocycles. The Balaban J connectivity index is 2.85. The molecular weight excluding hydrogens is 230 g/mol. The minimum atomic E-state index is -4.29. The number of phenols is 1. The molecule has 16 heavy (non-hydrogen) atoms. The van der Waals surface area contributed by atoms with Gasteiger partial charge in [0.1, 0.15) is 5.75 Å². The molecular formula is C10H9NO4S. The van der Waals surface area contributed by atoms with E-state index in [0.717, 1.165) is 0 Å². The second kappa shape index (κ2) is 3.36. The lowest BCUT2D eigenvalue weighted by Crippen LogP contribution is -1.99. The van der Waals surface area contributed by atoms with Crippen LogP contribution >= 0.6 is 0 Å². The van der Waals surface area contributed by atoms with E-state index in [1.807, 2.05) is 0 Å². The highest BCUT2D eigenvalue weighted by molar-refractivity contribution is 7.85. The van der Waals surface area contributed by atoms with Crippen LogP contribution in [0.5, 0.6) is 5.75 Å². The minimum absolute atomic E-state index is 0.000567. The topological polar surface area (TPSA) is 101 Å². The molecule has 0 fully saturated rings. The first-order valence-electron chi connectivity index (χ1n) is 4.38. The lowest BCUT2D eigenvalue weighted by molar-refractivity contribution is 0.475. The van der Waals surface area contributed by atoms with Crippen molar-refractivity contribution in [3.8, 4) is 5.75 Å². The third-order valence-corrected chi connectivity index (χ3v) is 3.07. The van der Waals surface area contributed by atoms with E-state index in [9.17, 15) is 13.5 Å². The van der Waals surface area contributed by atoms with Crippen LogP contribution in [0.4, 0.5) is 5.69 Å². The summed E-state index contributed by atoms with van der Waals surface area (Å²) in [4.78, 5) is -0.289. The SMILES string of the molecule is Nc1cc(S(=O)(=O)O)cc2cc(O)ccc12. The van der Waals surface area contributed by atoms with Crippen LogP contribution in [0.25, 0.3) is 10.8 Å². The summed E-state index contributed by atoms with van der Waals surface area (Å²) in [6.45, 7) is 0. The zero-order valence-corrected chi connectivity index (χ0v) is 8.90. The molecule has 2 aromatic carbocycles. The fraction of sp³-hybridized carbons (Fsp3) is 0. The van der Waals surface area contributed by atoms with E-state index < -0.39 is 10.1 Å². The van der Waals surface area contributed by atoms with Gasteiger partial charge in [-0.1, -0.05) is 0 Å². The molecule has 0 aromatic heterocycles. The standard InChI is InChI=1S/C10H9NO4S/c11-10-5-8(16(13,14)15)4-6-3-7(12)1-2-9(6)10/h1-5,12H,11H2,(H,13,14,15). The number of benzene rings is 2. The van der Waals surface area contributed by atoms with Crippen LogP contribution in [0.1, 0.15) is 0 Å². The summed E-state index contributed by atoms with van der Waals surface area (Å²) in [5, 5.41) is 10.3. The number of anilines is 1. The summed E-state index contributed by atoms with van der Waals surface area (Å²) < 4.78 is 30.8. The van der Waals surface area contributed by atoms with Gasteiger partial charge in [-0.15, -0.1) is 0 Å². The van der Waals surface area contributed by atoms with Crippen LogP contribution < -0.4 is 5.73 Å². The first kappa shape index (κ1) is 10.7. The van der Waals surface area contributed by atoms with Gasteiger partial charge in [-0.2, -0.15) is 8.42 Å². The van der Waals surface area contributed by atoms with Crippen molar-refractivity contribution in [1.29, 1.82) is 0 Å². The Morgan fingerprint density at radius 1 is 1.12 bits per heavy atom. The number of fused-ring (bicyclic) bond motifs is 1. The summed E-state index contributed by atoms with van der Waals surface area (Å²) in [5.74, 6) is -0.000567. The molecule has 0 bridgehead atoms. The van der Waals surface area contributed by atoms with Crippen LogP contribution in [0, 0.1) is 0 Å². The number of hydrogen-bond donors (Lipinski definition) is 3. The van der Waals surface area contributed by atoms with Crippen LogP contribution in [0.15, 0.2) is 35.2 Å². The molecule has 2 rings (SSSR count). The average Bonchev–Trinajstić information content (AvgIpc) is 2.15. The smallest absolute Gasteiger partial charge is 0.294 e. The second-order valence-corrected chi connectivity index (χ2v) is 4.81. The largest absolute Gasteiger partial charge is 0.508 e. The fourth-order valence-corrected chi connectivity index (χ4v) is 2.06. The van der Waals surface area contributed by atoms with Crippen LogP contribution in [0.3, 0.4) is 0 Å². The number of aromatic hydroxyl groups is 1. The van der Waals surface area contributed by atoms with Gasteiger partial charge in [0.2, 0.25) is 0 Å². The normalized spacial score (nSPS) is 11.8. The van der Waals surface area contributed by atoms with E-state index in [1.165, 1.54) is 24.3 Å². The quantitative estimate of drug-likeness (QED) is 0.515. The van der Waals surface area contributed by atoms with Crippen LogP contribution in [0.2, 0.25) is 0 Å². The molecule has 0 radical (unpaired) electrons. The Kier molecular flexibility index (Phi) is 2.25. The van der Waals surface area contributed by atoms with E-state index in [1.54, 1.807) is 6.07 Å². The summed E-state index contributed by atoms with van der Waals surface area (Å²) in [5.41, 5.74) is 5.87. The maximum Gasteiger partial charge on any atom is 0.294 e. The molecule has 0 saturated heterocycles. The lowest BCUT2D eigenvalue weighted by Gasteiger charge is -2.05. The monoisotopic (exact) mass is 239 g/mol. The number of nitrogen functional groups attached to an aromatic ring is 1. The van der Waals surface area contributed by atoms with Crippen molar-refractivity contribution in [1.82, 2.24) is 0 Å². The van der Waals surface area contributed by atoms with E-state index in [-0.39, 0.29) is 16.3 Å².